The first-order valence-corrected chi connectivity index (χ1v) is 7.66. The Balaban J connectivity index is 0.00000225. The van der Waals surface area contributed by atoms with E-state index in [1.54, 1.807) is 23.9 Å². The normalized spacial score (nSPS) is 11.8. The number of carbonyl (C=O) groups is 1. The highest BCUT2D eigenvalue weighted by Crippen LogP contribution is 2.28. The molecular weight excluding hydrogens is 342 g/mol. The second-order valence-electron chi connectivity index (χ2n) is 5.71. The highest BCUT2D eigenvalue weighted by atomic mass is 35.5. The maximum atomic E-state index is 11.6. The van der Waals surface area contributed by atoms with Crippen LogP contribution in [0.2, 0.25) is 0 Å². The molecular formula is C18H20ClN3O3. The van der Waals surface area contributed by atoms with E-state index in [9.17, 15) is 9.90 Å². The SMILES string of the molecule is Cl.Cn1ncc2c(C(=O)O)c(OCC(N)Cc3ccccc3)ccc21. The molecule has 0 spiro atoms. The van der Waals surface area contributed by atoms with Crippen molar-refractivity contribution >= 4 is 29.3 Å². The summed E-state index contributed by atoms with van der Waals surface area (Å²) in [4.78, 5) is 11.6. The van der Waals surface area contributed by atoms with Crippen molar-refractivity contribution in [2.24, 2.45) is 12.8 Å². The fraction of sp³-hybridized carbons (Fsp3) is 0.222. The smallest absolute Gasteiger partial charge is 0.340 e. The monoisotopic (exact) mass is 361 g/mol. The van der Waals surface area contributed by atoms with Gasteiger partial charge in [0.1, 0.15) is 17.9 Å². The molecule has 1 unspecified atom stereocenters. The van der Waals surface area contributed by atoms with Crippen LogP contribution in [0.5, 0.6) is 5.75 Å². The third-order valence-electron chi connectivity index (χ3n) is 3.90. The van der Waals surface area contributed by atoms with E-state index >= 15 is 0 Å². The van der Waals surface area contributed by atoms with Gasteiger partial charge in [0.25, 0.3) is 0 Å². The van der Waals surface area contributed by atoms with Crippen LogP contribution in [0.4, 0.5) is 0 Å². The summed E-state index contributed by atoms with van der Waals surface area (Å²) in [5, 5.41) is 14.2. The number of ether oxygens (including phenoxy) is 1. The molecule has 7 heteroatoms. The second kappa shape index (κ2) is 8.00. The molecule has 25 heavy (non-hydrogen) atoms. The third kappa shape index (κ3) is 4.10. The lowest BCUT2D eigenvalue weighted by atomic mass is 10.1. The minimum absolute atomic E-state index is 0. The van der Waals surface area contributed by atoms with Gasteiger partial charge in [0.2, 0.25) is 0 Å². The zero-order valence-corrected chi connectivity index (χ0v) is 14.6. The third-order valence-corrected chi connectivity index (χ3v) is 3.90. The predicted octanol–water partition coefficient (Wildman–Crippen LogP) is 2.64. The van der Waals surface area contributed by atoms with Crippen molar-refractivity contribution in [1.29, 1.82) is 0 Å². The molecule has 0 aliphatic rings. The van der Waals surface area contributed by atoms with E-state index in [1.165, 1.54) is 6.20 Å². The summed E-state index contributed by atoms with van der Waals surface area (Å²) < 4.78 is 7.34. The largest absolute Gasteiger partial charge is 0.491 e. The van der Waals surface area contributed by atoms with Gasteiger partial charge >= 0.3 is 5.97 Å². The summed E-state index contributed by atoms with van der Waals surface area (Å²) in [6.45, 7) is 0.237. The Hall–Kier alpha value is -2.57. The predicted molar refractivity (Wildman–Crippen MR) is 98.5 cm³/mol. The number of aromatic carboxylic acids is 1. The lowest BCUT2D eigenvalue weighted by Crippen LogP contribution is -2.30. The summed E-state index contributed by atoms with van der Waals surface area (Å²) >= 11 is 0. The molecule has 3 rings (SSSR count). The van der Waals surface area contributed by atoms with E-state index in [2.05, 4.69) is 5.10 Å². The van der Waals surface area contributed by atoms with Gasteiger partial charge in [0.05, 0.1) is 11.7 Å². The Morgan fingerprint density at radius 1 is 1.28 bits per heavy atom. The van der Waals surface area contributed by atoms with E-state index in [0.717, 1.165) is 11.1 Å². The van der Waals surface area contributed by atoms with Crippen LogP contribution < -0.4 is 10.5 Å². The van der Waals surface area contributed by atoms with Crippen molar-refractivity contribution in [3.63, 3.8) is 0 Å². The number of hydrogen-bond donors (Lipinski definition) is 2. The highest BCUT2D eigenvalue weighted by molar-refractivity contribution is 6.05. The van der Waals surface area contributed by atoms with E-state index < -0.39 is 5.97 Å². The maximum absolute atomic E-state index is 11.6. The molecule has 3 N–H and O–H groups in total. The molecule has 0 aliphatic carbocycles. The first kappa shape index (κ1) is 18.8. The summed E-state index contributed by atoms with van der Waals surface area (Å²) in [7, 11) is 1.77. The molecule has 0 bridgehead atoms. The van der Waals surface area contributed by atoms with Crippen LogP contribution in [-0.2, 0) is 13.5 Å². The van der Waals surface area contributed by atoms with E-state index in [-0.39, 0.29) is 30.6 Å². The van der Waals surface area contributed by atoms with Gasteiger partial charge in [-0.15, -0.1) is 12.4 Å². The Labute approximate surface area is 151 Å². The van der Waals surface area contributed by atoms with Gasteiger partial charge in [-0.1, -0.05) is 30.3 Å². The van der Waals surface area contributed by atoms with Crippen LogP contribution in [0.3, 0.4) is 0 Å². The first-order chi connectivity index (χ1) is 11.6. The van der Waals surface area contributed by atoms with Crippen molar-refractivity contribution < 1.29 is 14.6 Å². The fourth-order valence-electron chi connectivity index (χ4n) is 2.72. The molecule has 0 amide bonds. The number of nitrogens with zero attached hydrogens (tertiary/aromatic N) is 2. The number of halogens is 1. The number of rotatable bonds is 6. The summed E-state index contributed by atoms with van der Waals surface area (Å²) in [6.07, 6.45) is 2.20. The van der Waals surface area contributed by atoms with Gasteiger partial charge in [-0.2, -0.15) is 5.10 Å². The number of carboxylic acid groups (broad SMARTS) is 1. The van der Waals surface area contributed by atoms with Crippen LogP contribution in [0.15, 0.2) is 48.7 Å². The number of fused-ring (bicyclic) bond motifs is 1. The van der Waals surface area contributed by atoms with E-state index in [1.807, 2.05) is 30.3 Å². The lowest BCUT2D eigenvalue weighted by molar-refractivity contribution is 0.0694. The van der Waals surface area contributed by atoms with E-state index in [4.69, 9.17) is 10.5 Å². The minimum atomic E-state index is -1.04. The summed E-state index contributed by atoms with van der Waals surface area (Å²) in [5.74, 6) is -0.730. The molecule has 3 aromatic rings. The average molecular weight is 362 g/mol. The van der Waals surface area contributed by atoms with E-state index in [0.29, 0.717) is 17.6 Å². The standard InChI is InChI=1S/C18H19N3O3.ClH/c1-21-15-7-8-16(17(18(22)23)14(15)10-20-21)24-11-13(19)9-12-5-3-2-4-6-12;/h2-8,10,13H,9,11,19H2,1H3,(H,22,23);1H. The molecule has 0 saturated carbocycles. The topological polar surface area (TPSA) is 90.4 Å². The van der Waals surface area contributed by atoms with Gasteiger partial charge in [0, 0.05) is 18.5 Å². The average Bonchev–Trinajstić information content (AvgIpc) is 2.94. The minimum Gasteiger partial charge on any atom is -0.491 e. The second-order valence-corrected chi connectivity index (χ2v) is 5.71. The van der Waals surface area contributed by atoms with Crippen molar-refractivity contribution in [3.05, 3.63) is 59.8 Å². The van der Waals surface area contributed by atoms with Crippen molar-refractivity contribution in [2.45, 2.75) is 12.5 Å². The molecule has 0 saturated heterocycles. The quantitative estimate of drug-likeness (QED) is 0.704. The van der Waals surface area contributed by atoms with Gasteiger partial charge in [-0.25, -0.2) is 4.79 Å². The lowest BCUT2D eigenvalue weighted by Gasteiger charge is -2.15. The van der Waals surface area contributed by atoms with Gasteiger partial charge in [-0.05, 0) is 24.1 Å². The summed E-state index contributed by atoms with van der Waals surface area (Å²) in [5.41, 5.74) is 8.09. The Morgan fingerprint density at radius 3 is 2.68 bits per heavy atom. The van der Waals surface area contributed by atoms with Crippen LogP contribution in [-0.4, -0.2) is 33.5 Å². The van der Waals surface area contributed by atoms with Crippen molar-refractivity contribution in [3.8, 4) is 5.75 Å². The zero-order chi connectivity index (χ0) is 17.1. The fourth-order valence-corrected chi connectivity index (χ4v) is 2.72. The number of carboxylic acids is 1. The Bertz CT molecular complexity index is 865. The highest BCUT2D eigenvalue weighted by Gasteiger charge is 2.18. The van der Waals surface area contributed by atoms with Crippen LogP contribution in [0.1, 0.15) is 15.9 Å². The summed E-state index contributed by atoms with van der Waals surface area (Å²) in [6, 6.07) is 13.1. The van der Waals surface area contributed by atoms with Crippen molar-refractivity contribution in [1.82, 2.24) is 9.78 Å². The molecule has 1 aromatic heterocycles. The number of aromatic nitrogens is 2. The number of nitrogens with two attached hydrogens (primary N) is 1. The van der Waals surface area contributed by atoms with Gasteiger partial charge < -0.3 is 15.6 Å². The molecule has 6 nitrogen and oxygen atoms in total. The van der Waals surface area contributed by atoms with Gasteiger partial charge in [0.15, 0.2) is 0 Å². The van der Waals surface area contributed by atoms with Gasteiger partial charge in [-0.3, -0.25) is 4.68 Å². The molecule has 0 radical (unpaired) electrons. The number of aryl methyl sites for hydroxylation is 1. The molecule has 2 aromatic carbocycles. The molecule has 1 atom stereocenters. The van der Waals surface area contributed by atoms with Crippen molar-refractivity contribution in [2.75, 3.05) is 6.61 Å². The zero-order valence-electron chi connectivity index (χ0n) is 13.8. The number of hydrogen-bond acceptors (Lipinski definition) is 4. The van der Waals surface area contributed by atoms with Crippen LogP contribution in [0, 0.1) is 0 Å². The molecule has 0 aliphatic heterocycles. The van der Waals surface area contributed by atoms with Crippen LogP contribution >= 0.6 is 12.4 Å². The maximum Gasteiger partial charge on any atom is 0.340 e. The Morgan fingerprint density at radius 2 is 2.00 bits per heavy atom. The first-order valence-electron chi connectivity index (χ1n) is 7.66. The molecule has 0 fully saturated rings. The Kier molecular flexibility index (Phi) is 6.01. The van der Waals surface area contributed by atoms with Crippen LogP contribution in [0.25, 0.3) is 10.9 Å². The molecule has 1 heterocycles. The molecule has 132 valence electrons. The number of benzene rings is 2.